The third-order valence-corrected chi connectivity index (χ3v) is 10.1. The third kappa shape index (κ3) is 6.47. The monoisotopic (exact) mass is 616 g/mol. The molecule has 6 rings (SSSR count). The zero-order valence-corrected chi connectivity index (χ0v) is 26.3. The number of hydrogen-bond acceptors (Lipinski definition) is 9. The van der Waals surface area contributed by atoms with E-state index in [4.69, 9.17) is 9.72 Å². The Morgan fingerprint density at radius 2 is 1.80 bits per heavy atom. The first-order chi connectivity index (χ1) is 21.4. The first-order valence-electron chi connectivity index (χ1n) is 15.4. The van der Waals surface area contributed by atoms with Gasteiger partial charge in [0.05, 0.1) is 30.1 Å². The van der Waals surface area contributed by atoms with E-state index in [1.165, 1.54) is 32.4 Å². The minimum Gasteiger partial charge on any atom is -0.611 e. The molecule has 4 heterocycles. The normalized spacial score (nSPS) is 17.2. The Bertz CT molecular complexity index is 1600. The van der Waals surface area contributed by atoms with Crippen molar-refractivity contribution in [2.45, 2.75) is 62.1 Å². The summed E-state index contributed by atoms with van der Waals surface area (Å²) in [5.41, 5.74) is 2.45. The largest absolute Gasteiger partial charge is 0.611 e. The number of ether oxygens (including phenoxy) is 1. The molecule has 1 unspecified atom stereocenters. The SMILES string of the molecule is COc1cc(C(=O)N2CCC(N3CCCCC3)CC2)ccc1Nc1nc(Nc2ccccc2[S+]([O-])C(C)C)c2cn[nH]c2n1. The number of nitrogens with zero attached hydrogens (tertiary/aromatic N) is 5. The maximum atomic E-state index is 13.4. The molecule has 2 aliphatic heterocycles. The van der Waals surface area contributed by atoms with E-state index in [0.29, 0.717) is 56.4 Å². The lowest BCUT2D eigenvalue weighted by Gasteiger charge is -2.40. The molecule has 232 valence electrons. The first kappa shape index (κ1) is 30.2. The maximum Gasteiger partial charge on any atom is 0.253 e. The van der Waals surface area contributed by atoms with E-state index in [1.54, 1.807) is 19.4 Å². The van der Waals surface area contributed by atoms with Crippen LogP contribution in [0.3, 0.4) is 0 Å². The van der Waals surface area contributed by atoms with Crippen LogP contribution in [0.1, 0.15) is 56.3 Å². The van der Waals surface area contributed by atoms with Gasteiger partial charge in [0, 0.05) is 24.7 Å². The van der Waals surface area contributed by atoms with Gasteiger partial charge in [-0.15, -0.1) is 0 Å². The Labute approximate surface area is 261 Å². The van der Waals surface area contributed by atoms with Crippen LogP contribution in [-0.2, 0) is 11.2 Å². The second kappa shape index (κ2) is 13.4. The topological polar surface area (TPSA) is 134 Å². The Balaban J connectivity index is 1.19. The molecule has 0 saturated carbocycles. The molecular weight excluding hydrogens is 576 g/mol. The number of hydrogen-bond donors (Lipinski definition) is 3. The van der Waals surface area contributed by atoms with Crippen LogP contribution < -0.4 is 15.4 Å². The fourth-order valence-corrected chi connectivity index (χ4v) is 7.12. The summed E-state index contributed by atoms with van der Waals surface area (Å²) in [6.45, 7) is 7.77. The summed E-state index contributed by atoms with van der Waals surface area (Å²) in [6, 6.07) is 13.5. The molecule has 11 nitrogen and oxygen atoms in total. The molecule has 1 amide bonds. The summed E-state index contributed by atoms with van der Waals surface area (Å²) in [5, 5.41) is 14.3. The van der Waals surface area contributed by atoms with Gasteiger partial charge in [-0.1, -0.05) is 18.6 Å². The molecule has 0 bridgehead atoms. The van der Waals surface area contributed by atoms with Gasteiger partial charge in [-0.25, -0.2) is 0 Å². The first-order valence-corrected chi connectivity index (χ1v) is 16.6. The van der Waals surface area contributed by atoms with Gasteiger partial charge in [-0.05, 0) is 94.1 Å². The quantitative estimate of drug-likeness (QED) is 0.210. The number of para-hydroxylation sites is 1. The molecule has 0 radical (unpaired) electrons. The molecule has 12 heteroatoms. The van der Waals surface area contributed by atoms with Crippen molar-refractivity contribution in [1.82, 2.24) is 30.0 Å². The van der Waals surface area contributed by atoms with Gasteiger partial charge in [0.25, 0.3) is 5.91 Å². The van der Waals surface area contributed by atoms with Gasteiger partial charge in [0.1, 0.15) is 16.8 Å². The molecule has 1 atom stereocenters. The number of nitrogens with one attached hydrogen (secondary N) is 3. The number of anilines is 4. The number of fused-ring (bicyclic) bond motifs is 1. The zero-order valence-electron chi connectivity index (χ0n) is 25.5. The standard InChI is InChI=1S/C32H40N8O3S/c1-21(2)44(42)28-10-6-5-9-26(28)34-29-24-20-33-38-30(24)37-32(36-29)35-25-12-11-22(19-27(25)43-3)31(41)40-17-13-23(14-18-40)39-15-7-4-8-16-39/h5-6,9-12,19-21,23H,4,7-8,13-18H2,1-3H3,(H3,33,34,35,36,37,38). The van der Waals surface area contributed by atoms with E-state index in [9.17, 15) is 9.35 Å². The lowest BCUT2D eigenvalue weighted by molar-refractivity contribution is 0.0589. The molecule has 4 aromatic rings. The van der Waals surface area contributed by atoms with Crippen molar-refractivity contribution < 1.29 is 14.1 Å². The number of likely N-dealkylation sites (tertiary alicyclic amines) is 2. The second-order valence-corrected chi connectivity index (χ2v) is 13.6. The Kier molecular flexibility index (Phi) is 9.20. The van der Waals surface area contributed by atoms with Crippen molar-refractivity contribution in [1.29, 1.82) is 0 Å². The molecule has 2 saturated heterocycles. The summed E-state index contributed by atoms with van der Waals surface area (Å²) < 4.78 is 18.7. The van der Waals surface area contributed by atoms with Crippen molar-refractivity contribution in [3.05, 3.63) is 54.2 Å². The highest BCUT2D eigenvalue weighted by atomic mass is 32.2. The lowest BCUT2D eigenvalue weighted by Crippen LogP contribution is -2.48. The summed E-state index contributed by atoms with van der Waals surface area (Å²) in [6.07, 6.45) is 7.59. The lowest BCUT2D eigenvalue weighted by atomic mass is 9.99. The van der Waals surface area contributed by atoms with E-state index in [0.717, 1.165) is 25.9 Å². The Morgan fingerprint density at radius 3 is 2.55 bits per heavy atom. The van der Waals surface area contributed by atoms with E-state index in [2.05, 4.69) is 30.7 Å². The molecule has 0 aliphatic carbocycles. The molecule has 44 heavy (non-hydrogen) atoms. The molecule has 2 aliphatic rings. The molecule has 2 fully saturated rings. The number of amides is 1. The highest BCUT2D eigenvalue weighted by molar-refractivity contribution is 7.92. The van der Waals surface area contributed by atoms with Gasteiger partial charge >= 0.3 is 0 Å². The van der Waals surface area contributed by atoms with Crippen molar-refractivity contribution in [2.24, 2.45) is 0 Å². The highest BCUT2D eigenvalue weighted by Crippen LogP contribution is 2.33. The van der Waals surface area contributed by atoms with E-state index < -0.39 is 11.2 Å². The average Bonchev–Trinajstić information content (AvgIpc) is 3.54. The highest BCUT2D eigenvalue weighted by Gasteiger charge is 2.28. The molecule has 0 spiro atoms. The van der Waals surface area contributed by atoms with Crippen LogP contribution >= 0.6 is 0 Å². The second-order valence-electron chi connectivity index (χ2n) is 11.7. The van der Waals surface area contributed by atoms with Gasteiger partial charge in [0.15, 0.2) is 10.5 Å². The minimum absolute atomic E-state index is 0.0195. The number of aromatic amines is 1. The Morgan fingerprint density at radius 1 is 1.02 bits per heavy atom. The fourth-order valence-electron chi connectivity index (χ4n) is 6.06. The van der Waals surface area contributed by atoms with Crippen molar-refractivity contribution in [3.63, 3.8) is 0 Å². The number of benzene rings is 2. The number of carbonyl (C=O) groups excluding carboxylic acids is 1. The number of H-pyrrole nitrogens is 1. The molecule has 3 N–H and O–H groups in total. The van der Waals surface area contributed by atoms with Gasteiger partial charge in [0.2, 0.25) is 5.95 Å². The Hall–Kier alpha value is -3.87. The van der Waals surface area contributed by atoms with E-state index >= 15 is 0 Å². The zero-order chi connectivity index (χ0) is 30.6. The van der Waals surface area contributed by atoms with Crippen LogP contribution in [0, 0.1) is 0 Å². The van der Waals surface area contributed by atoms with Crippen LogP contribution in [0.25, 0.3) is 11.0 Å². The van der Waals surface area contributed by atoms with Gasteiger partial charge < -0.3 is 29.7 Å². The number of rotatable bonds is 9. The van der Waals surface area contributed by atoms with Crippen LogP contribution in [0.2, 0.25) is 0 Å². The number of methoxy groups -OCH3 is 1. The molecular formula is C32H40N8O3S. The average molecular weight is 617 g/mol. The smallest absolute Gasteiger partial charge is 0.253 e. The van der Waals surface area contributed by atoms with Crippen molar-refractivity contribution >= 4 is 51.3 Å². The molecule has 2 aromatic heterocycles. The predicted octanol–water partition coefficient (Wildman–Crippen LogP) is 5.46. The summed E-state index contributed by atoms with van der Waals surface area (Å²) in [5.74, 6) is 1.35. The fraction of sp³-hybridized carbons (Fsp3) is 0.438. The summed E-state index contributed by atoms with van der Waals surface area (Å²) in [4.78, 5) is 28.0. The third-order valence-electron chi connectivity index (χ3n) is 8.45. The number of aromatic nitrogens is 4. The number of piperidine rings is 2. The van der Waals surface area contributed by atoms with E-state index in [-0.39, 0.29) is 11.2 Å². The van der Waals surface area contributed by atoms with Crippen molar-refractivity contribution in [2.75, 3.05) is 43.9 Å². The van der Waals surface area contributed by atoms with Crippen LogP contribution in [-0.4, -0.2) is 85.0 Å². The van der Waals surface area contributed by atoms with Gasteiger partial charge in [-0.2, -0.15) is 15.1 Å². The number of carbonyl (C=O) groups is 1. The summed E-state index contributed by atoms with van der Waals surface area (Å²) >= 11 is -1.19. The van der Waals surface area contributed by atoms with Crippen molar-refractivity contribution in [3.8, 4) is 5.75 Å². The van der Waals surface area contributed by atoms with E-state index in [1.807, 2.05) is 55.1 Å². The van der Waals surface area contributed by atoms with Crippen LogP contribution in [0.5, 0.6) is 5.75 Å². The maximum absolute atomic E-state index is 13.4. The predicted molar refractivity (Wildman–Crippen MR) is 174 cm³/mol. The molecule has 2 aromatic carbocycles. The summed E-state index contributed by atoms with van der Waals surface area (Å²) in [7, 11) is 1.58. The minimum atomic E-state index is -1.19. The van der Waals surface area contributed by atoms with Crippen LogP contribution in [0.4, 0.5) is 23.1 Å². The van der Waals surface area contributed by atoms with Gasteiger partial charge in [-0.3, -0.25) is 9.89 Å². The van der Waals surface area contributed by atoms with Crippen LogP contribution in [0.15, 0.2) is 53.6 Å².